The summed E-state index contributed by atoms with van der Waals surface area (Å²) in [5, 5.41) is 41.4. The summed E-state index contributed by atoms with van der Waals surface area (Å²) in [4.78, 5) is 39.7. The number of rotatable bonds is 6. The van der Waals surface area contributed by atoms with Gasteiger partial charge >= 0.3 is 23.9 Å². The van der Waals surface area contributed by atoms with Gasteiger partial charge in [0.15, 0.2) is 5.60 Å². The smallest absolute Gasteiger partial charge is 0.336 e. The van der Waals surface area contributed by atoms with Crippen molar-refractivity contribution in [2.24, 2.45) is 5.73 Å². The maximum atomic E-state index is 10.3. The minimum atomic E-state index is -2.74. The molecule has 7 N–H and O–H groups in total. The van der Waals surface area contributed by atoms with E-state index in [9.17, 15) is 19.2 Å². The zero-order chi connectivity index (χ0) is 14.9. The van der Waals surface area contributed by atoms with Gasteiger partial charge < -0.3 is 31.3 Å². The van der Waals surface area contributed by atoms with Gasteiger partial charge in [0, 0.05) is 17.1 Å². The van der Waals surface area contributed by atoms with Gasteiger partial charge in [0.1, 0.15) is 0 Å². The fraction of sp³-hybridized carbons (Fsp3) is 0.500. The van der Waals surface area contributed by atoms with E-state index in [0.29, 0.717) is 0 Å². The maximum Gasteiger partial charge on any atom is 0.336 e. The number of aliphatic hydroxyl groups is 1. The van der Waals surface area contributed by atoms with E-state index in [1.165, 1.54) is 0 Å². The predicted molar refractivity (Wildman–Crippen MR) is 53.8 cm³/mol. The second-order valence-electron chi connectivity index (χ2n) is 3.08. The first-order valence-corrected chi connectivity index (χ1v) is 4.36. The van der Waals surface area contributed by atoms with E-state index in [1.807, 2.05) is 0 Å². The Balaban J connectivity index is -0.000000366. The Bertz CT molecular complexity index is 327. The molecular formula is C8H13FeNO9. The molecule has 0 aliphatic carbocycles. The van der Waals surface area contributed by atoms with Crippen LogP contribution in [0.1, 0.15) is 12.8 Å². The molecule has 0 aromatic carbocycles. The minimum Gasteiger partial charge on any atom is -0.481 e. The van der Waals surface area contributed by atoms with Crippen LogP contribution >= 0.6 is 0 Å². The van der Waals surface area contributed by atoms with E-state index < -0.39 is 42.3 Å². The normalized spacial score (nSPS) is 9.37. The van der Waals surface area contributed by atoms with Crippen molar-refractivity contribution in [3.05, 3.63) is 0 Å². The van der Waals surface area contributed by atoms with Crippen LogP contribution in [0.3, 0.4) is 0 Å². The van der Waals surface area contributed by atoms with Crippen LogP contribution in [0.15, 0.2) is 0 Å². The Hall–Kier alpha value is -1.68. The molecule has 0 atom stereocenters. The first kappa shape index (κ1) is 22.5. The van der Waals surface area contributed by atoms with Crippen LogP contribution in [0.2, 0.25) is 0 Å². The van der Waals surface area contributed by atoms with Gasteiger partial charge in [-0.05, 0) is 0 Å². The fourth-order valence-corrected chi connectivity index (χ4v) is 0.714. The molecule has 0 fully saturated rings. The molecule has 11 heteroatoms. The van der Waals surface area contributed by atoms with Crippen LogP contribution in [0.5, 0.6) is 0 Å². The Kier molecular flexibility index (Phi) is 12.1. The Morgan fingerprint density at radius 1 is 0.842 bits per heavy atom. The van der Waals surface area contributed by atoms with Crippen LogP contribution < -0.4 is 5.73 Å². The second kappa shape index (κ2) is 10.3. The molecule has 0 rings (SSSR count). The topological polar surface area (TPSA) is 195 Å². The first-order chi connectivity index (χ1) is 8.05. The van der Waals surface area contributed by atoms with Gasteiger partial charge in [-0.25, -0.2) is 4.79 Å². The van der Waals surface area contributed by atoms with Crippen molar-refractivity contribution >= 4 is 23.9 Å². The molecule has 0 aromatic heterocycles. The quantitative estimate of drug-likeness (QED) is 0.291. The monoisotopic (exact) mass is 323 g/mol. The molecule has 0 saturated carbocycles. The molecule has 0 unspecified atom stereocenters. The van der Waals surface area contributed by atoms with Crippen LogP contribution in [0, 0.1) is 0 Å². The largest absolute Gasteiger partial charge is 0.481 e. The summed E-state index contributed by atoms with van der Waals surface area (Å²) in [5.41, 5.74) is 1.83. The summed E-state index contributed by atoms with van der Waals surface area (Å²) in [6.07, 6.45) is -2.29. The molecular weight excluding hydrogens is 310 g/mol. The van der Waals surface area contributed by atoms with Crippen molar-refractivity contribution in [3.63, 3.8) is 0 Å². The van der Waals surface area contributed by atoms with E-state index in [4.69, 9.17) is 25.5 Å². The SMILES string of the molecule is NCC(=O)O.O=C(O)CC(O)(CC(=O)O)C(=O)O.[Fe]. The number of nitrogens with two attached hydrogens (primary N) is 1. The second-order valence-corrected chi connectivity index (χ2v) is 3.08. The summed E-state index contributed by atoms with van der Waals surface area (Å²) in [6.45, 7) is -0.278. The molecule has 0 radical (unpaired) electrons. The van der Waals surface area contributed by atoms with Crippen LogP contribution in [-0.2, 0) is 36.2 Å². The molecule has 19 heavy (non-hydrogen) atoms. The van der Waals surface area contributed by atoms with Crippen molar-refractivity contribution in [1.82, 2.24) is 0 Å². The van der Waals surface area contributed by atoms with Crippen molar-refractivity contribution in [2.45, 2.75) is 18.4 Å². The zero-order valence-electron chi connectivity index (χ0n) is 9.42. The number of aliphatic carboxylic acids is 4. The Labute approximate surface area is 117 Å². The summed E-state index contributed by atoms with van der Waals surface area (Å²) in [5.74, 6) is -5.99. The predicted octanol–water partition coefficient (Wildman–Crippen LogP) is -2.22. The third kappa shape index (κ3) is 12.6. The summed E-state index contributed by atoms with van der Waals surface area (Å²) >= 11 is 0. The van der Waals surface area contributed by atoms with E-state index in [2.05, 4.69) is 5.73 Å². The summed E-state index contributed by atoms with van der Waals surface area (Å²) in [6, 6.07) is 0. The van der Waals surface area contributed by atoms with Crippen molar-refractivity contribution in [3.8, 4) is 0 Å². The van der Waals surface area contributed by atoms with Gasteiger partial charge in [0.25, 0.3) is 0 Å². The molecule has 0 amide bonds. The van der Waals surface area contributed by atoms with Crippen LogP contribution in [0.4, 0.5) is 0 Å². The Morgan fingerprint density at radius 2 is 1.11 bits per heavy atom. The van der Waals surface area contributed by atoms with E-state index in [1.54, 1.807) is 0 Å². The third-order valence-corrected chi connectivity index (χ3v) is 1.46. The molecule has 0 aliphatic rings. The zero-order valence-corrected chi connectivity index (χ0v) is 10.5. The number of carbonyl (C=O) groups is 4. The summed E-state index contributed by atoms with van der Waals surface area (Å²) in [7, 11) is 0. The van der Waals surface area contributed by atoms with Gasteiger partial charge in [0.2, 0.25) is 0 Å². The van der Waals surface area contributed by atoms with Crippen molar-refractivity contribution in [1.29, 1.82) is 0 Å². The third-order valence-electron chi connectivity index (χ3n) is 1.46. The number of hydrogen-bond donors (Lipinski definition) is 6. The fourth-order valence-electron chi connectivity index (χ4n) is 0.714. The van der Waals surface area contributed by atoms with Gasteiger partial charge in [-0.2, -0.15) is 0 Å². The first-order valence-electron chi connectivity index (χ1n) is 4.36. The van der Waals surface area contributed by atoms with Gasteiger partial charge in [-0.15, -0.1) is 0 Å². The molecule has 0 aliphatic heterocycles. The summed E-state index contributed by atoms with van der Waals surface area (Å²) < 4.78 is 0. The average molecular weight is 323 g/mol. The van der Waals surface area contributed by atoms with Crippen molar-refractivity contribution in [2.75, 3.05) is 6.54 Å². The number of carboxylic acid groups (broad SMARTS) is 4. The van der Waals surface area contributed by atoms with E-state index in [0.717, 1.165) is 0 Å². The number of hydrogen-bond acceptors (Lipinski definition) is 6. The molecule has 10 nitrogen and oxygen atoms in total. The molecule has 0 bridgehead atoms. The van der Waals surface area contributed by atoms with E-state index >= 15 is 0 Å². The van der Waals surface area contributed by atoms with Crippen LogP contribution in [0.25, 0.3) is 0 Å². The van der Waals surface area contributed by atoms with Crippen LogP contribution in [-0.4, -0.2) is 61.6 Å². The average Bonchev–Trinajstić information content (AvgIpc) is 2.15. The molecule has 0 aromatic rings. The Morgan fingerprint density at radius 3 is 1.21 bits per heavy atom. The van der Waals surface area contributed by atoms with Gasteiger partial charge in [-0.1, -0.05) is 0 Å². The standard InChI is InChI=1S/C6H8O7.C2H5NO2.Fe/c7-3(8)1-6(13,5(11)12)2-4(9)10;3-1-2(4)5;/h13H,1-2H2,(H,7,8)(H,9,10)(H,11,12);1,3H2,(H,4,5);. The molecule has 0 saturated heterocycles. The minimum absolute atomic E-state index is 0. The van der Waals surface area contributed by atoms with Gasteiger partial charge in [0.05, 0.1) is 19.4 Å². The molecule has 112 valence electrons. The van der Waals surface area contributed by atoms with E-state index in [-0.39, 0.29) is 23.6 Å². The van der Waals surface area contributed by atoms with Gasteiger partial charge in [-0.3, -0.25) is 14.4 Å². The van der Waals surface area contributed by atoms with Crippen molar-refractivity contribution < 1.29 is 61.8 Å². The number of carboxylic acids is 4. The molecule has 0 heterocycles. The molecule has 0 spiro atoms. The maximum absolute atomic E-state index is 10.3.